The summed E-state index contributed by atoms with van der Waals surface area (Å²) in [7, 11) is 0. The molecule has 0 aromatic heterocycles. The molecule has 0 fully saturated rings. The van der Waals surface area contributed by atoms with Gasteiger partial charge >= 0.3 is 0 Å². The van der Waals surface area contributed by atoms with Crippen molar-refractivity contribution in [2.75, 3.05) is 24.7 Å². The number of carbonyl (C=O) groups is 2. The van der Waals surface area contributed by atoms with Crippen LogP contribution in [0.5, 0.6) is 11.5 Å². The Bertz CT molecular complexity index is 925. The number of nitrogens with zero attached hydrogens (tertiary/aromatic N) is 2. The summed E-state index contributed by atoms with van der Waals surface area (Å²) >= 11 is 0. The van der Waals surface area contributed by atoms with Crippen molar-refractivity contribution < 1.29 is 19.1 Å². The molecule has 2 amide bonds. The number of rotatable bonds is 12. The van der Waals surface area contributed by atoms with Gasteiger partial charge in [-0.25, -0.2) is 0 Å². The summed E-state index contributed by atoms with van der Waals surface area (Å²) in [5.41, 5.74) is 1.61. The van der Waals surface area contributed by atoms with Gasteiger partial charge in [-0.1, -0.05) is 24.3 Å². The van der Waals surface area contributed by atoms with Crippen molar-refractivity contribution in [2.45, 2.75) is 46.1 Å². The Labute approximate surface area is 189 Å². The molecule has 2 aromatic rings. The van der Waals surface area contributed by atoms with Crippen LogP contribution in [0.3, 0.4) is 0 Å². The van der Waals surface area contributed by atoms with E-state index >= 15 is 0 Å². The number of carbonyl (C=O) groups excluding carboxylic acids is 2. The van der Waals surface area contributed by atoms with E-state index in [9.17, 15) is 9.59 Å². The molecule has 7 nitrogen and oxygen atoms in total. The van der Waals surface area contributed by atoms with E-state index in [4.69, 9.17) is 14.7 Å². The molecule has 0 aliphatic carbocycles. The van der Waals surface area contributed by atoms with Gasteiger partial charge in [-0.2, -0.15) is 5.26 Å². The molecule has 0 saturated heterocycles. The van der Waals surface area contributed by atoms with Crippen molar-refractivity contribution in [3.63, 3.8) is 0 Å². The largest absolute Gasteiger partial charge is 0.490 e. The molecular weight excluding hydrogens is 406 g/mol. The lowest BCUT2D eigenvalue weighted by atomic mass is 10.1. The minimum absolute atomic E-state index is 0.0619. The molecular formula is C25H31N3O4. The number of hydrogen-bond acceptors (Lipinski definition) is 5. The van der Waals surface area contributed by atoms with E-state index < -0.39 is 0 Å². The average molecular weight is 438 g/mol. The molecule has 0 aliphatic heterocycles. The Balaban J connectivity index is 1.97. The number of nitriles is 1. The summed E-state index contributed by atoms with van der Waals surface area (Å²) in [5, 5.41) is 11.8. The van der Waals surface area contributed by atoms with Crippen molar-refractivity contribution in [3.8, 4) is 17.6 Å². The van der Waals surface area contributed by atoms with Gasteiger partial charge in [0.1, 0.15) is 0 Å². The van der Waals surface area contributed by atoms with E-state index in [1.165, 1.54) is 0 Å². The van der Waals surface area contributed by atoms with Gasteiger partial charge in [0.25, 0.3) is 0 Å². The molecule has 0 spiro atoms. The van der Waals surface area contributed by atoms with Gasteiger partial charge in [0.15, 0.2) is 11.5 Å². The summed E-state index contributed by atoms with van der Waals surface area (Å²) in [6.45, 7) is 7.04. The highest BCUT2D eigenvalue weighted by Crippen LogP contribution is 2.30. The molecule has 0 radical (unpaired) electrons. The third kappa shape index (κ3) is 7.31. The summed E-state index contributed by atoms with van der Waals surface area (Å²) in [6, 6.07) is 16.6. The fraction of sp³-hybridized carbons (Fsp3) is 0.400. The molecule has 0 aliphatic rings. The maximum Gasteiger partial charge on any atom is 0.227 e. The van der Waals surface area contributed by atoms with Gasteiger partial charge in [0.2, 0.25) is 11.8 Å². The molecule has 0 saturated carbocycles. The Morgan fingerprint density at radius 2 is 1.72 bits per heavy atom. The zero-order valence-corrected chi connectivity index (χ0v) is 19.0. The van der Waals surface area contributed by atoms with Gasteiger partial charge in [0.05, 0.1) is 31.7 Å². The first-order chi connectivity index (χ1) is 15.5. The van der Waals surface area contributed by atoms with Gasteiger partial charge in [0, 0.05) is 25.1 Å². The molecule has 2 rings (SSSR count). The number of para-hydroxylation sites is 1. The molecule has 7 heteroatoms. The van der Waals surface area contributed by atoms with Crippen molar-refractivity contribution in [2.24, 2.45) is 0 Å². The fourth-order valence-corrected chi connectivity index (χ4v) is 3.26. The predicted octanol–water partition coefficient (Wildman–Crippen LogP) is 4.39. The van der Waals surface area contributed by atoms with Crippen LogP contribution in [0.25, 0.3) is 0 Å². The quantitative estimate of drug-likeness (QED) is 0.532. The Kier molecular flexibility index (Phi) is 10.1. The van der Waals surface area contributed by atoms with Crippen molar-refractivity contribution in [1.82, 2.24) is 5.32 Å². The van der Waals surface area contributed by atoms with Crippen LogP contribution in [-0.2, 0) is 9.59 Å². The van der Waals surface area contributed by atoms with E-state index in [-0.39, 0.29) is 37.1 Å². The molecule has 1 N–H and O–H groups in total. The summed E-state index contributed by atoms with van der Waals surface area (Å²) in [6.07, 6.45) is 0.352. The standard InChI is InChI=1S/C25H31N3O4/c1-4-31-22-13-12-20(18-23(22)32-5-2)19(3)27-24(29)14-15-25(30)28(17-9-16-26)21-10-7-6-8-11-21/h6-8,10-13,18-19H,4-5,9,14-15,17H2,1-3H3,(H,27,29). The highest BCUT2D eigenvalue weighted by molar-refractivity contribution is 5.95. The van der Waals surface area contributed by atoms with Crippen molar-refractivity contribution >= 4 is 17.5 Å². The average Bonchev–Trinajstić information content (AvgIpc) is 2.80. The maximum absolute atomic E-state index is 12.7. The Morgan fingerprint density at radius 3 is 2.38 bits per heavy atom. The second-order valence-electron chi connectivity index (χ2n) is 7.15. The van der Waals surface area contributed by atoms with Gasteiger partial charge < -0.3 is 19.7 Å². The normalized spacial score (nSPS) is 11.2. The van der Waals surface area contributed by atoms with Crippen LogP contribution in [0.2, 0.25) is 0 Å². The van der Waals surface area contributed by atoms with E-state index in [2.05, 4.69) is 11.4 Å². The molecule has 170 valence electrons. The monoisotopic (exact) mass is 437 g/mol. The van der Waals surface area contributed by atoms with Gasteiger partial charge in [-0.15, -0.1) is 0 Å². The van der Waals surface area contributed by atoms with E-state index in [0.717, 1.165) is 11.3 Å². The Hall–Kier alpha value is -3.53. The summed E-state index contributed by atoms with van der Waals surface area (Å²) in [4.78, 5) is 26.8. The minimum Gasteiger partial charge on any atom is -0.490 e. The number of nitrogens with one attached hydrogen (secondary N) is 1. The number of ether oxygens (including phenoxy) is 2. The first-order valence-corrected chi connectivity index (χ1v) is 10.9. The SMILES string of the molecule is CCOc1ccc(C(C)NC(=O)CCC(=O)N(CCC#N)c2ccccc2)cc1OCC. The number of anilines is 1. The lowest BCUT2D eigenvalue weighted by molar-refractivity contribution is -0.125. The zero-order valence-electron chi connectivity index (χ0n) is 19.0. The second-order valence-corrected chi connectivity index (χ2v) is 7.15. The Morgan fingerprint density at radius 1 is 1.03 bits per heavy atom. The van der Waals surface area contributed by atoms with Crippen molar-refractivity contribution in [1.29, 1.82) is 5.26 Å². The maximum atomic E-state index is 12.7. The zero-order chi connectivity index (χ0) is 23.3. The highest BCUT2D eigenvalue weighted by atomic mass is 16.5. The van der Waals surface area contributed by atoms with E-state index in [1.807, 2.05) is 69.3 Å². The summed E-state index contributed by atoms with van der Waals surface area (Å²) in [5.74, 6) is 0.902. The second kappa shape index (κ2) is 13.0. The lowest BCUT2D eigenvalue weighted by Gasteiger charge is -2.22. The molecule has 32 heavy (non-hydrogen) atoms. The third-order valence-corrected chi connectivity index (χ3v) is 4.83. The van der Waals surface area contributed by atoms with Gasteiger partial charge in [-0.05, 0) is 50.6 Å². The smallest absolute Gasteiger partial charge is 0.227 e. The van der Waals surface area contributed by atoms with Crippen LogP contribution >= 0.6 is 0 Å². The number of hydrogen-bond donors (Lipinski definition) is 1. The van der Waals surface area contributed by atoms with Crippen LogP contribution in [0.4, 0.5) is 5.69 Å². The van der Waals surface area contributed by atoms with E-state index in [0.29, 0.717) is 31.3 Å². The topological polar surface area (TPSA) is 91.7 Å². The first kappa shape index (κ1) is 24.7. The third-order valence-electron chi connectivity index (χ3n) is 4.83. The minimum atomic E-state index is -0.253. The van der Waals surface area contributed by atoms with Crippen LogP contribution in [0, 0.1) is 11.3 Å². The number of amides is 2. The number of benzene rings is 2. The molecule has 0 heterocycles. The van der Waals surface area contributed by atoms with E-state index in [1.54, 1.807) is 4.90 Å². The first-order valence-electron chi connectivity index (χ1n) is 10.9. The molecule has 1 atom stereocenters. The lowest BCUT2D eigenvalue weighted by Crippen LogP contribution is -2.33. The van der Waals surface area contributed by atoms with Gasteiger partial charge in [-0.3, -0.25) is 9.59 Å². The van der Waals surface area contributed by atoms with Crippen LogP contribution in [0.15, 0.2) is 48.5 Å². The fourth-order valence-electron chi connectivity index (χ4n) is 3.26. The molecule has 1 unspecified atom stereocenters. The summed E-state index contributed by atoms with van der Waals surface area (Å²) < 4.78 is 11.2. The molecule has 0 bridgehead atoms. The van der Waals surface area contributed by atoms with Crippen molar-refractivity contribution in [3.05, 3.63) is 54.1 Å². The van der Waals surface area contributed by atoms with Crippen LogP contribution in [0.1, 0.15) is 51.6 Å². The van der Waals surface area contributed by atoms with Crippen LogP contribution in [-0.4, -0.2) is 31.6 Å². The highest BCUT2D eigenvalue weighted by Gasteiger charge is 2.18. The predicted molar refractivity (Wildman–Crippen MR) is 124 cm³/mol. The molecule has 2 aromatic carbocycles. The van der Waals surface area contributed by atoms with Crippen LogP contribution < -0.4 is 19.7 Å².